The van der Waals surface area contributed by atoms with Crippen molar-refractivity contribution >= 4 is 28.4 Å². The van der Waals surface area contributed by atoms with Gasteiger partial charge in [0.2, 0.25) is 0 Å². The van der Waals surface area contributed by atoms with Crippen molar-refractivity contribution < 1.29 is 4.92 Å². The molecule has 0 aliphatic rings. The largest absolute Gasteiger partial charge is 0.393 e. The summed E-state index contributed by atoms with van der Waals surface area (Å²) in [6, 6.07) is 4.64. The lowest BCUT2D eigenvalue weighted by Gasteiger charge is -2.13. The first kappa shape index (κ1) is 13.3. The number of benzene rings is 1. The van der Waals surface area contributed by atoms with Gasteiger partial charge in [-0.1, -0.05) is 0 Å². The number of anilines is 2. The zero-order valence-electron chi connectivity index (χ0n) is 10.6. The van der Waals surface area contributed by atoms with Gasteiger partial charge >= 0.3 is 0 Å². The fourth-order valence-corrected chi connectivity index (χ4v) is 2.50. The molecule has 0 radical (unpaired) electrons. The molecule has 3 N–H and O–H groups in total. The first-order valence-corrected chi connectivity index (χ1v) is 6.58. The first-order chi connectivity index (χ1) is 8.97. The zero-order valence-corrected chi connectivity index (χ0v) is 11.4. The Hall–Kier alpha value is -2.15. The Morgan fingerprint density at radius 3 is 2.79 bits per heavy atom. The monoisotopic (exact) mass is 278 g/mol. The number of aryl methyl sites for hydroxylation is 1. The molecule has 0 bridgehead atoms. The highest BCUT2D eigenvalue weighted by Gasteiger charge is 2.13. The van der Waals surface area contributed by atoms with Crippen LogP contribution in [0.25, 0.3) is 0 Å². The Morgan fingerprint density at radius 2 is 2.26 bits per heavy atom. The molecule has 0 spiro atoms. The maximum absolute atomic E-state index is 10.7. The standard InChI is InChI=1S/C12H14N4O2S/c1-7-6-19-12(14-7)8(2)15-9-3-4-11(16(17)18)10(13)5-9/h3-6,8,15H,13H2,1-2H3. The van der Waals surface area contributed by atoms with Crippen molar-refractivity contribution in [3.8, 4) is 0 Å². The minimum absolute atomic E-state index is 0.0274. The number of hydrogen-bond acceptors (Lipinski definition) is 6. The van der Waals surface area contributed by atoms with E-state index in [-0.39, 0.29) is 17.4 Å². The number of hydrogen-bond donors (Lipinski definition) is 2. The third kappa shape index (κ3) is 3.00. The van der Waals surface area contributed by atoms with Gasteiger partial charge in [-0.2, -0.15) is 0 Å². The molecule has 6 nitrogen and oxygen atoms in total. The Labute approximate surface area is 114 Å². The summed E-state index contributed by atoms with van der Waals surface area (Å²) in [5, 5.41) is 16.9. The molecule has 100 valence electrons. The summed E-state index contributed by atoms with van der Waals surface area (Å²) in [6.45, 7) is 3.92. The smallest absolute Gasteiger partial charge is 0.292 e. The number of rotatable bonds is 4. The Bertz CT molecular complexity index is 612. The number of nitrogens with one attached hydrogen (secondary N) is 1. The van der Waals surface area contributed by atoms with Crippen LogP contribution in [0, 0.1) is 17.0 Å². The predicted octanol–water partition coefficient (Wildman–Crippen LogP) is 3.12. The minimum Gasteiger partial charge on any atom is -0.393 e. The van der Waals surface area contributed by atoms with Gasteiger partial charge in [-0.05, 0) is 26.0 Å². The molecule has 1 aromatic carbocycles. The summed E-state index contributed by atoms with van der Waals surface area (Å²) >= 11 is 1.58. The molecule has 1 atom stereocenters. The van der Waals surface area contributed by atoms with Crippen molar-refractivity contribution in [2.45, 2.75) is 19.9 Å². The summed E-state index contributed by atoms with van der Waals surface area (Å²) in [5.41, 5.74) is 7.44. The van der Waals surface area contributed by atoms with Crippen LogP contribution in [0.2, 0.25) is 0 Å². The SMILES string of the molecule is Cc1csc(C(C)Nc2ccc([N+](=O)[O-])c(N)c2)n1. The van der Waals surface area contributed by atoms with Gasteiger partial charge in [-0.15, -0.1) is 11.3 Å². The number of aromatic nitrogens is 1. The Morgan fingerprint density at radius 1 is 1.53 bits per heavy atom. The molecule has 7 heteroatoms. The van der Waals surface area contributed by atoms with E-state index in [2.05, 4.69) is 10.3 Å². The third-order valence-corrected chi connectivity index (χ3v) is 3.76. The lowest BCUT2D eigenvalue weighted by atomic mass is 10.2. The fourth-order valence-electron chi connectivity index (χ4n) is 1.69. The van der Waals surface area contributed by atoms with Crippen LogP contribution < -0.4 is 11.1 Å². The molecule has 0 saturated heterocycles. The molecule has 1 unspecified atom stereocenters. The van der Waals surface area contributed by atoms with Gasteiger partial charge in [-0.3, -0.25) is 10.1 Å². The molecule has 0 aliphatic heterocycles. The van der Waals surface area contributed by atoms with Crippen LogP contribution in [-0.2, 0) is 0 Å². The van der Waals surface area contributed by atoms with Crippen molar-refractivity contribution in [1.82, 2.24) is 4.98 Å². The van der Waals surface area contributed by atoms with E-state index in [1.165, 1.54) is 6.07 Å². The highest BCUT2D eigenvalue weighted by atomic mass is 32.1. The van der Waals surface area contributed by atoms with Gasteiger partial charge in [-0.25, -0.2) is 4.98 Å². The van der Waals surface area contributed by atoms with E-state index in [1.54, 1.807) is 23.5 Å². The molecule has 0 amide bonds. The van der Waals surface area contributed by atoms with E-state index >= 15 is 0 Å². The number of nitro benzene ring substituents is 1. The van der Waals surface area contributed by atoms with Crippen LogP contribution in [0.5, 0.6) is 0 Å². The molecule has 0 saturated carbocycles. The van der Waals surface area contributed by atoms with Crippen LogP contribution in [-0.4, -0.2) is 9.91 Å². The van der Waals surface area contributed by atoms with Crippen LogP contribution in [0.3, 0.4) is 0 Å². The zero-order chi connectivity index (χ0) is 14.0. The first-order valence-electron chi connectivity index (χ1n) is 5.70. The summed E-state index contributed by atoms with van der Waals surface area (Å²) in [4.78, 5) is 14.6. The van der Waals surface area contributed by atoms with E-state index in [0.717, 1.165) is 16.4 Å². The molecular formula is C12H14N4O2S. The highest BCUT2D eigenvalue weighted by molar-refractivity contribution is 7.09. The second-order valence-electron chi connectivity index (χ2n) is 4.22. The maximum atomic E-state index is 10.7. The topological polar surface area (TPSA) is 94.1 Å². The number of nitrogens with two attached hydrogens (primary N) is 1. The summed E-state index contributed by atoms with van der Waals surface area (Å²) in [6.07, 6.45) is 0. The Balaban J connectivity index is 2.15. The molecular weight excluding hydrogens is 264 g/mol. The van der Waals surface area contributed by atoms with Gasteiger partial charge in [0.1, 0.15) is 10.7 Å². The van der Waals surface area contributed by atoms with Crippen molar-refractivity contribution in [1.29, 1.82) is 0 Å². The van der Waals surface area contributed by atoms with Crippen LogP contribution in [0.15, 0.2) is 23.6 Å². The van der Waals surface area contributed by atoms with Gasteiger partial charge in [0, 0.05) is 22.8 Å². The maximum Gasteiger partial charge on any atom is 0.292 e. The number of nitrogen functional groups attached to an aromatic ring is 1. The van der Waals surface area contributed by atoms with Gasteiger partial charge in [0.15, 0.2) is 0 Å². The van der Waals surface area contributed by atoms with E-state index < -0.39 is 4.92 Å². The summed E-state index contributed by atoms with van der Waals surface area (Å²) in [5.74, 6) is 0. The van der Waals surface area contributed by atoms with Gasteiger partial charge in [0.05, 0.1) is 11.0 Å². The molecule has 2 rings (SSSR count). The number of nitro groups is 1. The predicted molar refractivity (Wildman–Crippen MR) is 76.4 cm³/mol. The highest BCUT2D eigenvalue weighted by Crippen LogP contribution is 2.28. The quantitative estimate of drug-likeness (QED) is 0.509. The van der Waals surface area contributed by atoms with Crippen molar-refractivity contribution in [2.24, 2.45) is 0 Å². The second-order valence-corrected chi connectivity index (χ2v) is 5.11. The summed E-state index contributed by atoms with van der Waals surface area (Å²) in [7, 11) is 0. The summed E-state index contributed by atoms with van der Waals surface area (Å²) < 4.78 is 0. The van der Waals surface area contributed by atoms with Gasteiger partial charge in [0.25, 0.3) is 5.69 Å². The average molecular weight is 278 g/mol. The molecule has 2 aromatic rings. The molecule has 0 aliphatic carbocycles. The fraction of sp³-hybridized carbons (Fsp3) is 0.250. The van der Waals surface area contributed by atoms with E-state index in [1.807, 2.05) is 19.2 Å². The van der Waals surface area contributed by atoms with Crippen molar-refractivity contribution in [3.63, 3.8) is 0 Å². The van der Waals surface area contributed by atoms with E-state index in [4.69, 9.17) is 5.73 Å². The minimum atomic E-state index is -0.493. The third-order valence-electron chi connectivity index (χ3n) is 2.61. The van der Waals surface area contributed by atoms with E-state index in [9.17, 15) is 10.1 Å². The lowest BCUT2D eigenvalue weighted by molar-refractivity contribution is -0.383. The van der Waals surface area contributed by atoms with Crippen LogP contribution >= 0.6 is 11.3 Å². The number of nitrogens with zero attached hydrogens (tertiary/aromatic N) is 2. The molecule has 1 heterocycles. The van der Waals surface area contributed by atoms with Gasteiger partial charge < -0.3 is 11.1 Å². The normalized spacial score (nSPS) is 12.1. The second kappa shape index (κ2) is 5.23. The lowest BCUT2D eigenvalue weighted by Crippen LogP contribution is -2.07. The van der Waals surface area contributed by atoms with Crippen molar-refractivity contribution in [3.05, 3.63) is 44.4 Å². The van der Waals surface area contributed by atoms with Crippen molar-refractivity contribution in [2.75, 3.05) is 11.1 Å². The van der Waals surface area contributed by atoms with Crippen LogP contribution in [0.4, 0.5) is 17.1 Å². The Kier molecular flexibility index (Phi) is 3.66. The number of thiazole rings is 1. The van der Waals surface area contributed by atoms with E-state index in [0.29, 0.717) is 0 Å². The molecule has 0 fully saturated rings. The van der Waals surface area contributed by atoms with Crippen LogP contribution in [0.1, 0.15) is 23.7 Å². The average Bonchev–Trinajstić information content (AvgIpc) is 2.75. The molecule has 19 heavy (non-hydrogen) atoms. The molecule has 1 aromatic heterocycles.